The Morgan fingerprint density at radius 2 is 1.47 bits per heavy atom. The predicted octanol–water partition coefficient (Wildman–Crippen LogP) is 2.82. The van der Waals surface area contributed by atoms with Crippen LogP contribution < -0.4 is 16.2 Å². The zero-order valence-electron chi connectivity index (χ0n) is 16.7. The van der Waals surface area contributed by atoms with E-state index in [4.69, 9.17) is 4.74 Å². The molecule has 0 aliphatic rings. The molecule has 0 aliphatic carbocycles. The number of para-hydroxylation sites is 1. The maximum Gasteiger partial charge on any atom is 0.418 e. The van der Waals surface area contributed by atoms with Gasteiger partial charge in [0.15, 0.2) is 6.61 Å². The molecule has 0 bridgehead atoms. The third-order valence-electron chi connectivity index (χ3n) is 4.01. The minimum absolute atomic E-state index is 0.0738. The monoisotopic (exact) mass is 451 g/mol. The average Bonchev–Trinajstić information content (AvgIpc) is 2.76. The van der Waals surface area contributed by atoms with Gasteiger partial charge in [0.2, 0.25) is 5.91 Å². The van der Waals surface area contributed by atoms with Crippen molar-refractivity contribution in [2.75, 3.05) is 11.9 Å². The van der Waals surface area contributed by atoms with Crippen molar-refractivity contribution in [2.24, 2.45) is 0 Å². The Balaban J connectivity index is 1.66. The molecule has 2 aromatic rings. The molecule has 0 saturated heterocycles. The van der Waals surface area contributed by atoms with E-state index in [2.05, 4.69) is 10.9 Å². The largest absolute Gasteiger partial charge is 0.456 e. The van der Waals surface area contributed by atoms with Crippen molar-refractivity contribution < 1.29 is 37.1 Å². The van der Waals surface area contributed by atoms with Crippen LogP contribution in [0.15, 0.2) is 54.6 Å². The Labute approximate surface area is 181 Å². The molecule has 2 rings (SSSR count). The molecule has 0 unspecified atom stereocenters. The summed E-state index contributed by atoms with van der Waals surface area (Å²) < 4.78 is 43.4. The SMILES string of the molecule is O=C(CCCC(=O)OCC(=O)Nc1ccccc1C(F)(F)F)NNC(=O)c1ccccc1. The molecular formula is C21H20F3N3O5. The molecule has 0 aromatic heterocycles. The Morgan fingerprint density at radius 3 is 2.16 bits per heavy atom. The summed E-state index contributed by atoms with van der Waals surface area (Å²) in [7, 11) is 0. The fourth-order valence-electron chi connectivity index (χ4n) is 2.49. The van der Waals surface area contributed by atoms with Crippen LogP contribution in [0.5, 0.6) is 0 Å². The smallest absolute Gasteiger partial charge is 0.418 e. The first-order chi connectivity index (χ1) is 15.2. The van der Waals surface area contributed by atoms with E-state index in [-0.39, 0.29) is 19.3 Å². The summed E-state index contributed by atoms with van der Waals surface area (Å²) in [5.74, 6) is -2.78. The van der Waals surface area contributed by atoms with Gasteiger partial charge in [-0.3, -0.25) is 30.0 Å². The van der Waals surface area contributed by atoms with Gasteiger partial charge in [0.1, 0.15) is 0 Å². The van der Waals surface area contributed by atoms with Crippen LogP contribution in [-0.4, -0.2) is 30.3 Å². The molecular weight excluding hydrogens is 431 g/mol. The highest BCUT2D eigenvalue weighted by atomic mass is 19.4. The summed E-state index contributed by atoms with van der Waals surface area (Å²) in [5.41, 5.74) is 3.31. The molecule has 32 heavy (non-hydrogen) atoms. The number of benzene rings is 2. The number of nitrogens with one attached hydrogen (secondary N) is 3. The van der Waals surface area contributed by atoms with Crippen molar-refractivity contribution in [2.45, 2.75) is 25.4 Å². The van der Waals surface area contributed by atoms with Crippen molar-refractivity contribution in [3.63, 3.8) is 0 Å². The number of esters is 1. The number of anilines is 1. The lowest BCUT2D eigenvalue weighted by atomic mass is 10.1. The maximum atomic E-state index is 12.9. The third-order valence-corrected chi connectivity index (χ3v) is 4.01. The van der Waals surface area contributed by atoms with Gasteiger partial charge in [0, 0.05) is 18.4 Å². The molecule has 0 fully saturated rings. The minimum atomic E-state index is -4.65. The summed E-state index contributed by atoms with van der Waals surface area (Å²) in [5, 5.41) is 2.05. The Morgan fingerprint density at radius 1 is 0.812 bits per heavy atom. The summed E-state index contributed by atoms with van der Waals surface area (Å²) >= 11 is 0. The van der Waals surface area contributed by atoms with Crippen LogP contribution >= 0.6 is 0 Å². The highest BCUT2D eigenvalue weighted by Gasteiger charge is 2.33. The van der Waals surface area contributed by atoms with Crippen molar-refractivity contribution in [3.05, 3.63) is 65.7 Å². The number of ether oxygens (including phenoxy) is 1. The van der Waals surface area contributed by atoms with Crippen molar-refractivity contribution in [1.29, 1.82) is 0 Å². The van der Waals surface area contributed by atoms with Gasteiger partial charge < -0.3 is 10.1 Å². The number of hydrazine groups is 1. The molecule has 0 aliphatic heterocycles. The van der Waals surface area contributed by atoms with E-state index in [1.165, 1.54) is 12.1 Å². The van der Waals surface area contributed by atoms with Crippen LogP contribution in [0.1, 0.15) is 35.2 Å². The lowest BCUT2D eigenvalue weighted by Gasteiger charge is -2.13. The van der Waals surface area contributed by atoms with E-state index < -0.39 is 47.7 Å². The first-order valence-electron chi connectivity index (χ1n) is 9.42. The van der Waals surface area contributed by atoms with Gasteiger partial charge in [0.05, 0.1) is 11.3 Å². The second kappa shape index (κ2) is 11.5. The first kappa shape index (κ1) is 24.4. The fourth-order valence-corrected chi connectivity index (χ4v) is 2.49. The van der Waals surface area contributed by atoms with E-state index in [0.717, 1.165) is 12.1 Å². The van der Waals surface area contributed by atoms with Crippen molar-refractivity contribution >= 4 is 29.4 Å². The number of hydrogen-bond donors (Lipinski definition) is 3. The molecule has 0 saturated carbocycles. The number of halogens is 3. The van der Waals surface area contributed by atoms with Gasteiger partial charge in [0.25, 0.3) is 11.8 Å². The van der Waals surface area contributed by atoms with E-state index in [1.54, 1.807) is 30.3 Å². The number of rotatable bonds is 8. The number of alkyl halides is 3. The van der Waals surface area contributed by atoms with Crippen LogP contribution in [-0.2, 0) is 25.3 Å². The number of hydrogen-bond acceptors (Lipinski definition) is 5. The predicted molar refractivity (Wildman–Crippen MR) is 107 cm³/mol. The maximum absolute atomic E-state index is 12.9. The number of carbonyl (C=O) groups is 4. The summed E-state index contributed by atoms with van der Waals surface area (Å²) in [6, 6.07) is 12.6. The van der Waals surface area contributed by atoms with Gasteiger partial charge in [-0.25, -0.2) is 0 Å². The van der Waals surface area contributed by atoms with Crippen LogP contribution in [0.2, 0.25) is 0 Å². The van der Waals surface area contributed by atoms with Gasteiger partial charge in [-0.2, -0.15) is 13.2 Å². The van der Waals surface area contributed by atoms with Gasteiger partial charge in [-0.05, 0) is 30.7 Å². The Bertz CT molecular complexity index is 965. The fraction of sp³-hybridized carbons (Fsp3) is 0.238. The first-order valence-corrected chi connectivity index (χ1v) is 9.42. The number of carbonyl (C=O) groups excluding carboxylic acids is 4. The molecule has 0 radical (unpaired) electrons. The van der Waals surface area contributed by atoms with Gasteiger partial charge in [-0.1, -0.05) is 30.3 Å². The van der Waals surface area contributed by atoms with Gasteiger partial charge >= 0.3 is 12.1 Å². The van der Waals surface area contributed by atoms with Crippen molar-refractivity contribution in [3.8, 4) is 0 Å². The Hall–Kier alpha value is -3.89. The van der Waals surface area contributed by atoms with E-state index in [1.807, 2.05) is 5.32 Å². The van der Waals surface area contributed by atoms with E-state index in [9.17, 15) is 32.3 Å². The standard InChI is InChI=1S/C21H20F3N3O5/c22-21(23,24)15-9-4-5-10-16(15)25-18(29)13-32-19(30)12-6-11-17(28)26-27-20(31)14-7-2-1-3-8-14/h1-5,7-10H,6,11-13H2,(H,25,29)(H,26,28)(H,27,31). The average molecular weight is 451 g/mol. The van der Waals surface area contributed by atoms with Crippen LogP contribution in [0.25, 0.3) is 0 Å². The molecule has 11 heteroatoms. The molecule has 0 heterocycles. The molecule has 0 spiro atoms. The minimum Gasteiger partial charge on any atom is -0.456 e. The van der Waals surface area contributed by atoms with E-state index in [0.29, 0.717) is 5.56 Å². The second-order valence-corrected chi connectivity index (χ2v) is 6.47. The number of amides is 3. The van der Waals surface area contributed by atoms with Crippen LogP contribution in [0.3, 0.4) is 0 Å². The molecule has 2 aromatic carbocycles. The topological polar surface area (TPSA) is 114 Å². The lowest BCUT2D eigenvalue weighted by molar-refractivity contribution is -0.147. The lowest BCUT2D eigenvalue weighted by Crippen LogP contribution is -2.41. The summed E-state index contributed by atoms with van der Waals surface area (Å²) in [6.07, 6.45) is -4.88. The van der Waals surface area contributed by atoms with Crippen LogP contribution in [0, 0.1) is 0 Å². The summed E-state index contributed by atoms with van der Waals surface area (Å²) in [4.78, 5) is 47.0. The molecule has 8 nitrogen and oxygen atoms in total. The summed E-state index contributed by atoms with van der Waals surface area (Å²) in [6.45, 7) is -0.773. The third kappa shape index (κ3) is 8.09. The zero-order valence-corrected chi connectivity index (χ0v) is 16.7. The Kier molecular flexibility index (Phi) is 8.75. The highest BCUT2D eigenvalue weighted by molar-refractivity contribution is 5.95. The van der Waals surface area contributed by atoms with Gasteiger partial charge in [-0.15, -0.1) is 0 Å². The molecule has 3 N–H and O–H groups in total. The molecule has 0 atom stereocenters. The zero-order chi connectivity index (χ0) is 23.6. The highest BCUT2D eigenvalue weighted by Crippen LogP contribution is 2.34. The second-order valence-electron chi connectivity index (χ2n) is 6.47. The van der Waals surface area contributed by atoms with E-state index >= 15 is 0 Å². The van der Waals surface area contributed by atoms with Crippen LogP contribution in [0.4, 0.5) is 18.9 Å². The molecule has 170 valence electrons. The quantitative estimate of drug-likeness (QED) is 0.422. The normalized spacial score (nSPS) is 10.7. The molecule has 3 amide bonds. The van der Waals surface area contributed by atoms with Crippen molar-refractivity contribution in [1.82, 2.24) is 10.9 Å².